The minimum atomic E-state index is 0.0331. The number of hydrogen-bond acceptors (Lipinski definition) is 4. The van der Waals surface area contributed by atoms with Crippen LogP contribution in [-0.2, 0) is 15.9 Å². The van der Waals surface area contributed by atoms with E-state index in [1.54, 1.807) is 19.0 Å². The summed E-state index contributed by atoms with van der Waals surface area (Å²) in [6.45, 7) is 4.28. The van der Waals surface area contributed by atoms with Gasteiger partial charge in [0.05, 0.1) is 18.8 Å². The second kappa shape index (κ2) is 12.1. The molecule has 0 aliphatic carbocycles. The van der Waals surface area contributed by atoms with E-state index in [4.69, 9.17) is 9.47 Å². The predicted octanol–water partition coefficient (Wildman–Crippen LogP) is 2.56. The Bertz CT molecular complexity index is 723. The monoisotopic (exact) mass is 430 g/mol. The summed E-state index contributed by atoms with van der Waals surface area (Å²) in [6, 6.07) is 7.86. The number of ether oxygens (including phenoxy) is 2. The number of likely N-dealkylation sites (tertiary alicyclic amines) is 1. The van der Waals surface area contributed by atoms with Crippen LogP contribution in [0.5, 0.6) is 0 Å². The fourth-order valence-electron chi connectivity index (χ4n) is 4.19. The SMILES string of the molecule is CN=C(NCCc1cccc(C(=O)N(C)C)c1)N1CCC(OCC2CCCCO2)CC1. The Hall–Kier alpha value is -2.12. The summed E-state index contributed by atoms with van der Waals surface area (Å²) in [5.41, 5.74) is 1.88. The zero-order chi connectivity index (χ0) is 22.1. The summed E-state index contributed by atoms with van der Waals surface area (Å²) in [5.74, 6) is 0.973. The average Bonchev–Trinajstić information content (AvgIpc) is 2.81. The molecule has 1 unspecified atom stereocenters. The van der Waals surface area contributed by atoms with E-state index in [-0.39, 0.29) is 12.0 Å². The van der Waals surface area contributed by atoms with Crippen LogP contribution in [0, 0.1) is 0 Å². The second-order valence-electron chi connectivity index (χ2n) is 8.63. The molecule has 2 heterocycles. The van der Waals surface area contributed by atoms with Crippen molar-refractivity contribution in [3.8, 4) is 0 Å². The smallest absolute Gasteiger partial charge is 0.253 e. The zero-order valence-electron chi connectivity index (χ0n) is 19.3. The van der Waals surface area contributed by atoms with Crippen molar-refractivity contribution in [3.63, 3.8) is 0 Å². The number of nitrogens with one attached hydrogen (secondary N) is 1. The van der Waals surface area contributed by atoms with Crippen LogP contribution >= 0.6 is 0 Å². The highest BCUT2D eigenvalue weighted by atomic mass is 16.5. The van der Waals surface area contributed by atoms with E-state index in [0.717, 1.165) is 75.6 Å². The van der Waals surface area contributed by atoms with Crippen molar-refractivity contribution >= 4 is 11.9 Å². The van der Waals surface area contributed by atoms with Gasteiger partial charge in [0, 0.05) is 52.9 Å². The first-order valence-corrected chi connectivity index (χ1v) is 11.6. The van der Waals surface area contributed by atoms with Gasteiger partial charge in [0.1, 0.15) is 0 Å². The number of benzene rings is 1. The Kier molecular flexibility index (Phi) is 9.15. The van der Waals surface area contributed by atoms with Gasteiger partial charge in [0.2, 0.25) is 0 Å². The molecule has 31 heavy (non-hydrogen) atoms. The maximum atomic E-state index is 12.2. The maximum absolute atomic E-state index is 12.2. The molecule has 1 aromatic carbocycles. The highest BCUT2D eigenvalue weighted by molar-refractivity contribution is 5.94. The van der Waals surface area contributed by atoms with Gasteiger partial charge in [-0.3, -0.25) is 9.79 Å². The van der Waals surface area contributed by atoms with Crippen molar-refractivity contribution in [3.05, 3.63) is 35.4 Å². The van der Waals surface area contributed by atoms with Gasteiger partial charge in [-0.1, -0.05) is 12.1 Å². The predicted molar refractivity (Wildman–Crippen MR) is 124 cm³/mol. The molecule has 2 aliphatic rings. The Balaban J connectivity index is 1.39. The quantitative estimate of drug-likeness (QED) is 0.532. The molecule has 0 radical (unpaired) electrons. The van der Waals surface area contributed by atoms with Crippen molar-refractivity contribution in [1.29, 1.82) is 0 Å². The normalized spacial score (nSPS) is 20.5. The number of carbonyl (C=O) groups excluding carboxylic acids is 1. The standard InChI is InChI=1S/C24H38N4O3/c1-25-24(26-13-10-19-7-6-8-20(17-19)23(29)27(2)3)28-14-11-21(12-15-28)31-18-22-9-4-5-16-30-22/h6-8,17,21-22H,4-5,9-16,18H2,1-3H3,(H,25,26). The van der Waals surface area contributed by atoms with Gasteiger partial charge in [-0.05, 0) is 56.2 Å². The summed E-state index contributed by atoms with van der Waals surface area (Å²) in [7, 11) is 5.39. The molecule has 7 nitrogen and oxygen atoms in total. The lowest BCUT2D eigenvalue weighted by molar-refractivity contribution is -0.0721. The van der Waals surface area contributed by atoms with Gasteiger partial charge in [0.15, 0.2) is 5.96 Å². The topological polar surface area (TPSA) is 66.4 Å². The molecule has 2 fully saturated rings. The highest BCUT2D eigenvalue weighted by Gasteiger charge is 2.23. The average molecular weight is 431 g/mol. The van der Waals surface area contributed by atoms with Gasteiger partial charge in [-0.15, -0.1) is 0 Å². The van der Waals surface area contributed by atoms with Crippen LogP contribution in [0.3, 0.4) is 0 Å². The molecule has 172 valence electrons. The third kappa shape index (κ3) is 7.21. The third-order valence-corrected chi connectivity index (χ3v) is 6.02. The van der Waals surface area contributed by atoms with Crippen LogP contribution in [0.2, 0.25) is 0 Å². The fourth-order valence-corrected chi connectivity index (χ4v) is 4.19. The molecule has 0 saturated carbocycles. The number of hydrogen-bond donors (Lipinski definition) is 1. The molecule has 1 atom stereocenters. The van der Waals surface area contributed by atoms with Crippen LogP contribution in [0.15, 0.2) is 29.3 Å². The third-order valence-electron chi connectivity index (χ3n) is 6.02. The first kappa shape index (κ1) is 23.5. The molecule has 0 bridgehead atoms. The molecule has 1 aromatic rings. The van der Waals surface area contributed by atoms with Crippen LogP contribution in [0.4, 0.5) is 0 Å². The van der Waals surface area contributed by atoms with E-state index in [1.807, 2.05) is 25.2 Å². The van der Waals surface area contributed by atoms with Crippen LogP contribution in [-0.4, -0.2) is 87.9 Å². The number of amides is 1. The first-order valence-electron chi connectivity index (χ1n) is 11.6. The molecule has 0 aromatic heterocycles. The van der Waals surface area contributed by atoms with E-state index < -0.39 is 0 Å². The molecular weight excluding hydrogens is 392 g/mol. The van der Waals surface area contributed by atoms with Gasteiger partial charge < -0.3 is 24.6 Å². The molecule has 1 N–H and O–H groups in total. The molecular formula is C24H38N4O3. The van der Waals surface area contributed by atoms with Crippen molar-refractivity contribution in [1.82, 2.24) is 15.1 Å². The van der Waals surface area contributed by atoms with Crippen molar-refractivity contribution < 1.29 is 14.3 Å². The fraction of sp³-hybridized carbons (Fsp3) is 0.667. The van der Waals surface area contributed by atoms with Crippen molar-refractivity contribution in [2.24, 2.45) is 4.99 Å². The molecule has 1 amide bonds. The minimum Gasteiger partial charge on any atom is -0.376 e. The number of piperidine rings is 1. The van der Waals surface area contributed by atoms with E-state index >= 15 is 0 Å². The van der Waals surface area contributed by atoms with E-state index in [1.165, 1.54) is 12.8 Å². The largest absolute Gasteiger partial charge is 0.376 e. The van der Waals surface area contributed by atoms with E-state index in [0.29, 0.717) is 6.10 Å². The van der Waals surface area contributed by atoms with Crippen LogP contribution in [0.25, 0.3) is 0 Å². The zero-order valence-corrected chi connectivity index (χ0v) is 19.3. The van der Waals surface area contributed by atoms with E-state index in [9.17, 15) is 4.79 Å². The Labute approximate surface area is 186 Å². The Morgan fingerprint density at radius 1 is 1.26 bits per heavy atom. The lowest BCUT2D eigenvalue weighted by Gasteiger charge is -2.35. The minimum absolute atomic E-state index is 0.0331. The molecule has 3 rings (SSSR count). The summed E-state index contributed by atoms with van der Waals surface area (Å²) in [6.07, 6.45) is 7.04. The van der Waals surface area contributed by atoms with Gasteiger partial charge in [-0.2, -0.15) is 0 Å². The molecule has 2 saturated heterocycles. The Morgan fingerprint density at radius 2 is 2.06 bits per heavy atom. The molecule has 2 aliphatic heterocycles. The van der Waals surface area contributed by atoms with Gasteiger partial charge in [-0.25, -0.2) is 0 Å². The summed E-state index contributed by atoms with van der Waals surface area (Å²) >= 11 is 0. The summed E-state index contributed by atoms with van der Waals surface area (Å²) in [5, 5.41) is 3.48. The number of rotatable bonds is 7. The number of carbonyl (C=O) groups is 1. The Morgan fingerprint density at radius 3 is 2.74 bits per heavy atom. The van der Waals surface area contributed by atoms with Gasteiger partial charge >= 0.3 is 0 Å². The number of nitrogens with zero attached hydrogens (tertiary/aromatic N) is 3. The molecule has 7 heteroatoms. The highest BCUT2D eigenvalue weighted by Crippen LogP contribution is 2.18. The summed E-state index contributed by atoms with van der Waals surface area (Å²) < 4.78 is 11.9. The first-order chi connectivity index (χ1) is 15.1. The van der Waals surface area contributed by atoms with Crippen molar-refractivity contribution in [2.75, 3.05) is 54.0 Å². The maximum Gasteiger partial charge on any atom is 0.253 e. The van der Waals surface area contributed by atoms with Crippen molar-refractivity contribution in [2.45, 2.75) is 50.7 Å². The van der Waals surface area contributed by atoms with Gasteiger partial charge in [0.25, 0.3) is 5.91 Å². The number of aliphatic imine (C=N–C) groups is 1. The summed E-state index contributed by atoms with van der Waals surface area (Å²) in [4.78, 5) is 20.5. The second-order valence-corrected chi connectivity index (χ2v) is 8.63. The lowest BCUT2D eigenvalue weighted by Crippen LogP contribution is -2.47. The lowest BCUT2D eigenvalue weighted by atomic mass is 10.1. The number of guanidine groups is 1. The van der Waals surface area contributed by atoms with Crippen LogP contribution in [0.1, 0.15) is 48.0 Å². The molecule has 0 spiro atoms. The van der Waals surface area contributed by atoms with Crippen LogP contribution < -0.4 is 5.32 Å². The van der Waals surface area contributed by atoms with E-state index in [2.05, 4.69) is 21.3 Å².